The molecule has 0 saturated heterocycles. The van der Waals surface area contributed by atoms with Crippen LogP contribution < -0.4 is 10.1 Å². The molecule has 6 nitrogen and oxygen atoms in total. The van der Waals surface area contributed by atoms with Crippen LogP contribution in [0.3, 0.4) is 0 Å². The quantitative estimate of drug-likeness (QED) is 0.516. The average molecular weight is 459 g/mol. The van der Waals surface area contributed by atoms with Gasteiger partial charge in [-0.1, -0.05) is 37.3 Å². The monoisotopic (exact) mass is 458 g/mol. The van der Waals surface area contributed by atoms with Gasteiger partial charge in [0.05, 0.1) is 12.3 Å². The zero-order chi connectivity index (χ0) is 23.6. The van der Waals surface area contributed by atoms with Crippen LogP contribution in [0.15, 0.2) is 60.9 Å². The number of ether oxygens (including phenoxy) is 1. The summed E-state index contributed by atoms with van der Waals surface area (Å²) in [7, 11) is 0. The van der Waals surface area contributed by atoms with E-state index < -0.39 is 0 Å². The highest BCUT2D eigenvalue weighted by molar-refractivity contribution is 5.78. The molecule has 3 aromatic rings. The van der Waals surface area contributed by atoms with Crippen LogP contribution in [-0.2, 0) is 17.8 Å². The summed E-state index contributed by atoms with van der Waals surface area (Å²) in [6.45, 7) is 5.59. The van der Waals surface area contributed by atoms with Crippen molar-refractivity contribution in [2.75, 3.05) is 25.0 Å². The third-order valence-corrected chi connectivity index (χ3v) is 6.11. The van der Waals surface area contributed by atoms with E-state index in [0.717, 1.165) is 68.3 Å². The van der Waals surface area contributed by atoms with Crippen molar-refractivity contribution in [3.63, 3.8) is 0 Å². The maximum Gasteiger partial charge on any atom is 0.134 e. The van der Waals surface area contributed by atoms with E-state index in [1.807, 2.05) is 30.3 Å². The van der Waals surface area contributed by atoms with Gasteiger partial charge in [0.15, 0.2) is 0 Å². The molecular formula is C28H34N4O2. The molecular weight excluding hydrogens is 424 g/mol. The molecule has 0 spiro atoms. The van der Waals surface area contributed by atoms with Crippen LogP contribution in [0, 0.1) is 0 Å². The van der Waals surface area contributed by atoms with Crippen LogP contribution in [0.1, 0.15) is 55.8 Å². The summed E-state index contributed by atoms with van der Waals surface area (Å²) in [5.41, 5.74) is 4.40. The number of Topliss-reactive ketones (excluding diaryl/α,β-unsaturated/α-hetero) is 1. The molecule has 0 fully saturated rings. The first-order valence-electron chi connectivity index (χ1n) is 12.3. The number of ketones is 1. The lowest BCUT2D eigenvalue weighted by atomic mass is 10.1. The van der Waals surface area contributed by atoms with Crippen molar-refractivity contribution in [1.29, 1.82) is 0 Å². The summed E-state index contributed by atoms with van der Waals surface area (Å²) in [6, 6.07) is 18.6. The SMILES string of the molecule is CCN1CCCC(=O)CCCCOc2cccc(c2)Nc2cc(ncn2)Cc2cccc(c2)C1. The van der Waals surface area contributed by atoms with Crippen LogP contribution in [-0.4, -0.2) is 40.3 Å². The minimum absolute atomic E-state index is 0.354. The largest absolute Gasteiger partial charge is 0.494 e. The number of rotatable bonds is 1. The second kappa shape index (κ2) is 12.3. The number of fused-ring (bicyclic) bond motifs is 6. The summed E-state index contributed by atoms with van der Waals surface area (Å²) < 4.78 is 5.91. The van der Waals surface area contributed by atoms with Gasteiger partial charge in [-0.05, 0) is 55.6 Å². The molecule has 6 heteroatoms. The van der Waals surface area contributed by atoms with E-state index in [4.69, 9.17) is 4.74 Å². The number of aromatic nitrogens is 2. The van der Waals surface area contributed by atoms with E-state index in [2.05, 4.69) is 51.4 Å². The van der Waals surface area contributed by atoms with Gasteiger partial charge < -0.3 is 10.1 Å². The highest BCUT2D eigenvalue weighted by Gasteiger charge is 2.09. The first-order valence-corrected chi connectivity index (χ1v) is 12.3. The fraction of sp³-hybridized carbons (Fsp3) is 0.393. The van der Waals surface area contributed by atoms with Crippen molar-refractivity contribution in [2.24, 2.45) is 0 Å². The lowest BCUT2D eigenvalue weighted by Crippen LogP contribution is -2.24. The van der Waals surface area contributed by atoms with E-state index in [0.29, 0.717) is 25.2 Å². The van der Waals surface area contributed by atoms with E-state index in [9.17, 15) is 4.79 Å². The zero-order valence-corrected chi connectivity index (χ0v) is 20.0. The lowest BCUT2D eigenvalue weighted by molar-refractivity contribution is -0.119. The molecule has 1 aromatic heterocycles. The number of nitrogens with one attached hydrogen (secondary N) is 1. The van der Waals surface area contributed by atoms with Gasteiger partial charge in [-0.15, -0.1) is 0 Å². The average Bonchev–Trinajstić information content (AvgIpc) is 2.83. The molecule has 0 atom stereocenters. The van der Waals surface area contributed by atoms with Gasteiger partial charge in [0, 0.05) is 43.6 Å². The van der Waals surface area contributed by atoms with Gasteiger partial charge >= 0.3 is 0 Å². The van der Waals surface area contributed by atoms with Crippen LogP contribution in [0.2, 0.25) is 0 Å². The molecule has 178 valence electrons. The molecule has 1 N–H and O–H groups in total. The summed E-state index contributed by atoms with van der Waals surface area (Å²) in [4.78, 5) is 23.6. The molecule has 0 radical (unpaired) electrons. The first kappa shape index (κ1) is 23.9. The predicted octanol–water partition coefficient (Wildman–Crippen LogP) is 5.54. The van der Waals surface area contributed by atoms with Gasteiger partial charge in [-0.25, -0.2) is 9.97 Å². The number of benzene rings is 2. The highest BCUT2D eigenvalue weighted by Crippen LogP contribution is 2.22. The van der Waals surface area contributed by atoms with Gasteiger partial charge in [0.2, 0.25) is 0 Å². The van der Waals surface area contributed by atoms with Crippen LogP contribution in [0.5, 0.6) is 5.75 Å². The second-order valence-electron chi connectivity index (χ2n) is 8.86. The summed E-state index contributed by atoms with van der Waals surface area (Å²) in [5, 5.41) is 3.36. The number of nitrogens with zero attached hydrogens (tertiary/aromatic N) is 3. The fourth-order valence-electron chi connectivity index (χ4n) is 4.27. The Labute approximate surface area is 202 Å². The number of hydrogen-bond donors (Lipinski definition) is 1. The van der Waals surface area contributed by atoms with Crippen molar-refractivity contribution < 1.29 is 9.53 Å². The normalized spacial score (nSPS) is 16.4. The van der Waals surface area contributed by atoms with E-state index in [-0.39, 0.29) is 0 Å². The van der Waals surface area contributed by atoms with Gasteiger partial charge in [0.25, 0.3) is 0 Å². The van der Waals surface area contributed by atoms with Gasteiger partial charge in [-0.2, -0.15) is 0 Å². The molecule has 2 heterocycles. The second-order valence-corrected chi connectivity index (χ2v) is 8.86. The molecule has 1 aliphatic heterocycles. The van der Waals surface area contributed by atoms with Crippen molar-refractivity contribution in [1.82, 2.24) is 14.9 Å². The zero-order valence-electron chi connectivity index (χ0n) is 20.0. The van der Waals surface area contributed by atoms with E-state index in [1.54, 1.807) is 6.33 Å². The number of carbonyl (C=O) groups is 1. The Bertz CT molecular complexity index is 1090. The molecule has 0 aliphatic carbocycles. The Morgan fingerprint density at radius 1 is 0.971 bits per heavy atom. The van der Waals surface area contributed by atoms with Crippen LogP contribution >= 0.6 is 0 Å². The maximum absolute atomic E-state index is 12.3. The maximum atomic E-state index is 12.3. The molecule has 34 heavy (non-hydrogen) atoms. The van der Waals surface area contributed by atoms with E-state index in [1.165, 1.54) is 11.1 Å². The van der Waals surface area contributed by atoms with Crippen LogP contribution in [0.25, 0.3) is 0 Å². The lowest BCUT2D eigenvalue weighted by Gasteiger charge is -2.20. The van der Waals surface area contributed by atoms with Crippen molar-refractivity contribution in [3.05, 3.63) is 77.7 Å². The topological polar surface area (TPSA) is 67.3 Å². The first-order chi connectivity index (χ1) is 16.7. The molecule has 0 unspecified atom stereocenters. The standard InChI is InChI=1S/C28H34N4O2/c1-2-32-14-7-12-26(33)11-3-4-15-34-27-13-6-10-24(18-27)31-28-19-25(29-21-30-28)17-22-8-5-9-23(16-22)20-32/h5-6,8-10,13,16,18-19,21H,2-4,7,11-12,14-15,17,20H2,1H3,(H,29,30,31). The molecule has 0 saturated carbocycles. The minimum atomic E-state index is 0.354. The van der Waals surface area contributed by atoms with Gasteiger partial charge in [0.1, 0.15) is 23.7 Å². The van der Waals surface area contributed by atoms with Crippen molar-refractivity contribution >= 4 is 17.3 Å². The molecule has 1 aliphatic rings. The van der Waals surface area contributed by atoms with Crippen LogP contribution in [0.4, 0.5) is 11.5 Å². The Morgan fingerprint density at radius 2 is 1.82 bits per heavy atom. The molecule has 0 amide bonds. The Balaban J connectivity index is 1.53. The number of anilines is 2. The smallest absolute Gasteiger partial charge is 0.134 e. The molecule has 2 aromatic carbocycles. The summed E-state index contributed by atoms with van der Waals surface area (Å²) in [5.74, 6) is 1.92. The van der Waals surface area contributed by atoms with Crippen molar-refractivity contribution in [2.45, 2.75) is 52.0 Å². The van der Waals surface area contributed by atoms with E-state index >= 15 is 0 Å². The number of carbonyl (C=O) groups excluding carboxylic acids is 1. The highest BCUT2D eigenvalue weighted by atomic mass is 16.5. The van der Waals surface area contributed by atoms with Crippen molar-refractivity contribution in [3.8, 4) is 5.75 Å². The molecule has 4 rings (SSSR count). The number of hydrogen-bond acceptors (Lipinski definition) is 6. The van der Waals surface area contributed by atoms with Gasteiger partial charge in [-0.3, -0.25) is 9.69 Å². The Morgan fingerprint density at radius 3 is 2.74 bits per heavy atom. The Kier molecular flexibility index (Phi) is 8.63. The molecule has 6 bridgehead atoms. The fourth-order valence-corrected chi connectivity index (χ4v) is 4.27. The predicted molar refractivity (Wildman–Crippen MR) is 136 cm³/mol. The minimum Gasteiger partial charge on any atom is -0.494 e. The third kappa shape index (κ3) is 7.39. The summed E-state index contributed by atoms with van der Waals surface area (Å²) >= 11 is 0. The summed E-state index contributed by atoms with van der Waals surface area (Å²) in [6.07, 6.45) is 6.29. The third-order valence-electron chi connectivity index (χ3n) is 6.11. The Hall–Kier alpha value is -3.25.